The maximum atomic E-state index is 5.73. The molecule has 3 nitrogen and oxygen atoms in total. The van der Waals surface area contributed by atoms with Gasteiger partial charge in [-0.25, -0.2) is 0 Å². The summed E-state index contributed by atoms with van der Waals surface area (Å²) in [6, 6.07) is 7.45. The summed E-state index contributed by atoms with van der Waals surface area (Å²) in [5, 5.41) is 0.914. The molecule has 12 heavy (non-hydrogen) atoms. The number of nitrogen functional groups attached to an aromatic ring is 2. The Kier molecular flexibility index (Phi) is 1.37. The molecule has 1 aromatic carbocycles. The second kappa shape index (κ2) is 2.37. The molecular weight excluding hydrogens is 150 g/mol. The van der Waals surface area contributed by atoms with Gasteiger partial charge < -0.3 is 11.5 Å². The van der Waals surface area contributed by atoms with E-state index in [1.165, 1.54) is 0 Å². The Morgan fingerprint density at radius 3 is 2.83 bits per heavy atom. The topological polar surface area (TPSA) is 64.9 Å². The number of nitrogens with two attached hydrogens (primary N) is 2. The Hall–Kier alpha value is -1.77. The normalized spacial score (nSPS) is 10.3. The fourth-order valence-corrected chi connectivity index (χ4v) is 1.19. The fourth-order valence-electron chi connectivity index (χ4n) is 1.19. The van der Waals surface area contributed by atoms with Crippen molar-refractivity contribution in [3.8, 4) is 0 Å². The van der Waals surface area contributed by atoms with Gasteiger partial charge in [-0.2, -0.15) is 0 Å². The minimum atomic E-state index is 0.639. The molecule has 0 aliphatic rings. The number of aromatic nitrogens is 1. The van der Waals surface area contributed by atoms with Crippen LogP contribution in [0.5, 0.6) is 0 Å². The lowest BCUT2D eigenvalue weighted by Crippen LogP contribution is -1.91. The third-order valence-electron chi connectivity index (χ3n) is 1.78. The molecule has 0 amide bonds. The zero-order chi connectivity index (χ0) is 8.55. The average Bonchev–Trinajstić information content (AvgIpc) is 2.07. The molecule has 0 atom stereocenters. The van der Waals surface area contributed by atoms with E-state index in [0.29, 0.717) is 11.4 Å². The van der Waals surface area contributed by atoms with Crippen molar-refractivity contribution in [2.75, 3.05) is 11.5 Å². The van der Waals surface area contributed by atoms with E-state index in [0.717, 1.165) is 10.9 Å². The molecular formula is C9H9N3. The van der Waals surface area contributed by atoms with Gasteiger partial charge in [-0.05, 0) is 18.2 Å². The van der Waals surface area contributed by atoms with Gasteiger partial charge in [0.25, 0.3) is 0 Å². The van der Waals surface area contributed by atoms with E-state index < -0.39 is 0 Å². The van der Waals surface area contributed by atoms with Crippen LogP contribution in [0, 0.1) is 0 Å². The third kappa shape index (κ3) is 0.955. The quantitative estimate of drug-likeness (QED) is 0.571. The van der Waals surface area contributed by atoms with E-state index >= 15 is 0 Å². The van der Waals surface area contributed by atoms with Crippen molar-refractivity contribution in [3.63, 3.8) is 0 Å². The molecule has 0 saturated heterocycles. The number of hydrogen-bond donors (Lipinski definition) is 2. The summed E-state index contributed by atoms with van der Waals surface area (Å²) in [6.07, 6.45) is 1.63. The maximum Gasteiger partial charge on any atom is 0.0724 e. The highest BCUT2D eigenvalue weighted by atomic mass is 14.7. The van der Waals surface area contributed by atoms with Crippen molar-refractivity contribution >= 4 is 22.3 Å². The minimum absolute atomic E-state index is 0.639. The van der Waals surface area contributed by atoms with Crippen LogP contribution < -0.4 is 11.5 Å². The first-order valence-corrected chi connectivity index (χ1v) is 3.67. The molecule has 0 fully saturated rings. The zero-order valence-corrected chi connectivity index (χ0v) is 6.49. The second-order valence-electron chi connectivity index (χ2n) is 2.68. The summed E-state index contributed by atoms with van der Waals surface area (Å²) in [7, 11) is 0. The third-order valence-corrected chi connectivity index (χ3v) is 1.78. The summed E-state index contributed by atoms with van der Waals surface area (Å²) in [5.41, 5.74) is 13.5. The van der Waals surface area contributed by atoms with Crippen molar-refractivity contribution in [1.29, 1.82) is 0 Å². The smallest absolute Gasteiger partial charge is 0.0724 e. The Bertz CT molecular complexity index is 423. The molecule has 1 heterocycles. The van der Waals surface area contributed by atoms with Gasteiger partial charge in [-0.3, -0.25) is 4.98 Å². The molecule has 0 bridgehead atoms. The van der Waals surface area contributed by atoms with Gasteiger partial charge in [0.15, 0.2) is 0 Å². The predicted molar refractivity (Wildman–Crippen MR) is 50.6 cm³/mol. The maximum absolute atomic E-state index is 5.73. The van der Waals surface area contributed by atoms with Crippen molar-refractivity contribution in [2.24, 2.45) is 0 Å². The van der Waals surface area contributed by atoms with Crippen LogP contribution in [0.25, 0.3) is 10.9 Å². The molecule has 4 N–H and O–H groups in total. The average molecular weight is 159 g/mol. The molecule has 60 valence electrons. The van der Waals surface area contributed by atoms with Gasteiger partial charge in [-0.15, -0.1) is 0 Å². The van der Waals surface area contributed by atoms with Crippen LogP contribution >= 0.6 is 0 Å². The number of benzene rings is 1. The van der Waals surface area contributed by atoms with Gasteiger partial charge in [0.2, 0.25) is 0 Å². The SMILES string of the molecule is Nc1cnc2cccc(N)c2c1. The van der Waals surface area contributed by atoms with Gasteiger partial charge in [0, 0.05) is 11.1 Å². The summed E-state index contributed by atoms with van der Waals surface area (Å²) in [4.78, 5) is 4.14. The van der Waals surface area contributed by atoms with Crippen molar-refractivity contribution in [1.82, 2.24) is 4.98 Å². The largest absolute Gasteiger partial charge is 0.398 e. The van der Waals surface area contributed by atoms with Crippen molar-refractivity contribution in [2.45, 2.75) is 0 Å². The van der Waals surface area contributed by atoms with E-state index in [2.05, 4.69) is 4.98 Å². The van der Waals surface area contributed by atoms with Crippen LogP contribution in [0.4, 0.5) is 11.4 Å². The lowest BCUT2D eigenvalue weighted by Gasteiger charge is -2.00. The van der Waals surface area contributed by atoms with Crippen LogP contribution in [-0.2, 0) is 0 Å². The molecule has 0 radical (unpaired) electrons. The zero-order valence-electron chi connectivity index (χ0n) is 6.49. The number of hydrogen-bond acceptors (Lipinski definition) is 3. The number of anilines is 2. The fraction of sp³-hybridized carbons (Fsp3) is 0. The Morgan fingerprint density at radius 1 is 1.17 bits per heavy atom. The number of nitrogens with zero attached hydrogens (tertiary/aromatic N) is 1. The summed E-state index contributed by atoms with van der Waals surface area (Å²) >= 11 is 0. The molecule has 0 unspecified atom stereocenters. The van der Waals surface area contributed by atoms with Gasteiger partial charge in [0.1, 0.15) is 0 Å². The van der Waals surface area contributed by atoms with Crippen LogP contribution in [-0.4, -0.2) is 4.98 Å². The summed E-state index contributed by atoms with van der Waals surface area (Å²) in [5.74, 6) is 0. The van der Waals surface area contributed by atoms with E-state index in [1.807, 2.05) is 24.3 Å². The first-order valence-electron chi connectivity index (χ1n) is 3.67. The van der Waals surface area contributed by atoms with E-state index in [9.17, 15) is 0 Å². The van der Waals surface area contributed by atoms with E-state index in [1.54, 1.807) is 6.20 Å². The number of fused-ring (bicyclic) bond motifs is 1. The second-order valence-corrected chi connectivity index (χ2v) is 2.68. The molecule has 2 rings (SSSR count). The molecule has 0 spiro atoms. The van der Waals surface area contributed by atoms with Crippen LogP contribution in [0.3, 0.4) is 0 Å². The van der Waals surface area contributed by atoms with E-state index in [-0.39, 0.29) is 0 Å². The van der Waals surface area contributed by atoms with Crippen LogP contribution in [0.2, 0.25) is 0 Å². The molecule has 3 heteroatoms. The van der Waals surface area contributed by atoms with Gasteiger partial charge in [0.05, 0.1) is 17.4 Å². The standard InChI is InChI=1S/C9H9N3/c10-6-4-7-8(11)2-1-3-9(7)12-5-6/h1-5H,10-11H2. The molecule has 0 saturated carbocycles. The van der Waals surface area contributed by atoms with Gasteiger partial charge in [-0.1, -0.05) is 6.07 Å². The molecule has 1 aromatic heterocycles. The van der Waals surface area contributed by atoms with E-state index in [4.69, 9.17) is 11.5 Å². The molecule has 0 aliphatic carbocycles. The Labute approximate surface area is 70.0 Å². The Morgan fingerprint density at radius 2 is 2.00 bits per heavy atom. The summed E-state index contributed by atoms with van der Waals surface area (Å²) < 4.78 is 0. The van der Waals surface area contributed by atoms with Crippen LogP contribution in [0.15, 0.2) is 30.5 Å². The first kappa shape index (κ1) is 6.91. The summed E-state index contributed by atoms with van der Waals surface area (Å²) in [6.45, 7) is 0. The van der Waals surface area contributed by atoms with Crippen molar-refractivity contribution < 1.29 is 0 Å². The predicted octanol–water partition coefficient (Wildman–Crippen LogP) is 1.40. The number of rotatable bonds is 0. The van der Waals surface area contributed by atoms with Crippen LogP contribution in [0.1, 0.15) is 0 Å². The highest BCUT2D eigenvalue weighted by Gasteiger charge is 1.97. The molecule has 0 aliphatic heterocycles. The monoisotopic (exact) mass is 159 g/mol. The lowest BCUT2D eigenvalue weighted by atomic mass is 10.2. The van der Waals surface area contributed by atoms with Crippen molar-refractivity contribution in [3.05, 3.63) is 30.5 Å². The molecule has 2 aromatic rings. The number of pyridine rings is 1. The highest BCUT2D eigenvalue weighted by Crippen LogP contribution is 2.20. The highest BCUT2D eigenvalue weighted by molar-refractivity contribution is 5.91. The van der Waals surface area contributed by atoms with Gasteiger partial charge >= 0.3 is 0 Å². The Balaban J connectivity index is 2.88. The minimum Gasteiger partial charge on any atom is -0.398 e. The lowest BCUT2D eigenvalue weighted by molar-refractivity contribution is 1.41. The first-order chi connectivity index (χ1) is 5.77.